The molecular formula is C23H32N6O2. The first-order valence-corrected chi connectivity index (χ1v) is 11.4. The number of hydrogen-bond acceptors (Lipinski definition) is 7. The number of piperidine rings is 2. The van der Waals surface area contributed by atoms with Crippen LogP contribution < -0.4 is 15.8 Å². The standard InChI is InChI=1S/C23H32N6O2/c1-24-21-22(26-8-7-25-21)28-12-16-11-18(15-28)20-4-3-17(23(30)29(20)13-16)14-27-9-5-19(31-2)6-10-27/h3-4,7-8,16,18-19H,5-6,9-15H2,1-2H3,(H,24,25)/t16-,18+/m0/s1. The molecule has 8 heteroatoms. The maximum absolute atomic E-state index is 13.4. The molecule has 0 spiro atoms. The van der Waals surface area contributed by atoms with Crippen LogP contribution in [-0.4, -0.2) is 65.9 Å². The Kier molecular flexibility index (Phi) is 5.67. The van der Waals surface area contributed by atoms with E-state index in [1.807, 2.05) is 7.05 Å². The second kappa shape index (κ2) is 8.59. The third-order valence-corrected chi connectivity index (χ3v) is 7.16. The van der Waals surface area contributed by atoms with Crippen LogP contribution in [-0.2, 0) is 17.8 Å². The summed E-state index contributed by atoms with van der Waals surface area (Å²) in [5, 5.41) is 3.16. The molecule has 0 aromatic carbocycles. The molecule has 2 fully saturated rings. The van der Waals surface area contributed by atoms with E-state index in [0.717, 1.165) is 75.7 Å². The van der Waals surface area contributed by atoms with Gasteiger partial charge in [0.15, 0.2) is 11.6 Å². The maximum atomic E-state index is 13.4. The zero-order chi connectivity index (χ0) is 21.4. The van der Waals surface area contributed by atoms with Crippen LogP contribution in [0.2, 0.25) is 0 Å². The molecule has 2 aromatic rings. The molecule has 2 bridgehead atoms. The van der Waals surface area contributed by atoms with Crippen LogP contribution in [0.15, 0.2) is 29.3 Å². The molecule has 2 atom stereocenters. The first-order chi connectivity index (χ1) is 15.2. The van der Waals surface area contributed by atoms with Gasteiger partial charge in [0.1, 0.15) is 0 Å². The van der Waals surface area contributed by atoms with Crippen molar-refractivity contribution >= 4 is 11.6 Å². The number of likely N-dealkylation sites (tertiary alicyclic amines) is 1. The van der Waals surface area contributed by atoms with E-state index in [4.69, 9.17) is 4.74 Å². The number of pyridine rings is 1. The zero-order valence-electron chi connectivity index (χ0n) is 18.5. The summed E-state index contributed by atoms with van der Waals surface area (Å²) in [6.07, 6.45) is 7.05. The average molecular weight is 425 g/mol. The molecule has 8 nitrogen and oxygen atoms in total. The third kappa shape index (κ3) is 3.94. The lowest BCUT2D eigenvalue weighted by atomic mass is 9.83. The molecule has 0 radical (unpaired) electrons. The summed E-state index contributed by atoms with van der Waals surface area (Å²) in [5.74, 6) is 2.51. The van der Waals surface area contributed by atoms with E-state index in [-0.39, 0.29) is 5.56 Å². The van der Waals surface area contributed by atoms with Crippen molar-refractivity contribution in [2.75, 3.05) is 50.6 Å². The SMILES string of the molecule is CNc1nccnc1N1C[C@@H]2C[C@H](C1)c1ccc(CN3CCC(OC)CC3)c(=O)n1C2. The predicted octanol–water partition coefficient (Wildman–Crippen LogP) is 1.91. The van der Waals surface area contributed by atoms with E-state index in [2.05, 4.69) is 41.8 Å². The molecule has 2 saturated heterocycles. The minimum Gasteiger partial charge on any atom is -0.381 e. The Bertz CT molecular complexity index is 984. The number of anilines is 2. The molecule has 0 saturated carbocycles. The van der Waals surface area contributed by atoms with Crippen molar-refractivity contribution in [2.24, 2.45) is 5.92 Å². The first-order valence-electron chi connectivity index (χ1n) is 11.4. The van der Waals surface area contributed by atoms with Crippen LogP contribution in [0.25, 0.3) is 0 Å². The lowest BCUT2D eigenvalue weighted by molar-refractivity contribution is 0.0387. The summed E-state index contributed by atoms with van der Waals surface area (Å²) in [4.78, 5) is 27.1. The number of aromatic nitrogens is 3. The second-order valence-corrected chi connectivity index (χ2v) is 9.09. The normalized spacial score (nSPS) is 24.1. The summed E-state index contributed by atoms with van der Waals surface area (Å²) >= 11 is 0. The molecule has 0 aliphatic carbocycles. The van der Waals surface area contributed by atoms with Crippen LogP contribution in [0.3, 0.4) is 0 Å². The Labute approximate surface area is 183 Å². The van der Waals surface area contributed by atoms with Gasteiger partial charge in [-0.25, -0.2) is 9.97 Å². The van der Waals surface area contributed by atoms with Crippen LogP contribution in [0.4, 0.5) is 11.6 Å². The summed E-state index contributed by atoms with van der Waals surface area (Å²) in [7, 11) is 3.67. The van der Waals surface area contributed by atoms with E-state index < -0.39 is 0 Å². The molecule has 166 valence electrons. The highest BCUT2D eigenvalue weighted by Gasteiger charge is 2.36. The Morgan fingerprint density at radius 3 is 2.71 bits per heavy atom. The summed E-state index contributed by atoms with van der Waals surface area (Å²) < 4.78 is 7.54. The fourth-order valence-electron chi connectivity index (χ4n) is 5.57. The van der Waals surface area contributed by atoms with Gasteiger partial charge in [-0.1, -0.05) is 6.07 Å². The van der Waals surface area contributed by atoms with Gasteiger partial charge in [0.25, 0.3) is 5.56 Å². The quantitative estimate of drug-likeness (QED) is 0.786. The smallest absolute Gasteiger partial charge is 0.255 e. The number of ether oxygens (including phenoxy) is 1. The van der Waals surface area contributed by atoms with Crippen LogP contribution >= 0.6 is 0 Å². The molecule has 5 heterocycles. The molecule has 2 aromatic heterocycles. The Morgan fingerprint density at radius 1 is 1.13 bits per heavy atom. The fraction of sp³-hybridized carbons (Fsp3) is 0.609. The van der Waals surface area contributed by atoms with Gasteiger partial charge in [-0.05, 0) is 31.2 Å². The second-order valence-electron chi connectivity index (χ2n) is 9.09. The van der Waals surface area contributed by atoms with Crippen molar-refractivity contribution in [3.63, 3.8) is 0 Å². The highest BCUT2D eigenvalue weighted by molar-refractivity contribution is 5.60. The molecular weight excluding hydrogens is 392 g/mol. The molecule has 3 aliphatic rings. The van der Waals surface area contributed by atoms with E-state index in [9.17, 15) is 4.79 Å². The molecule has 31 heavy (non-hydrogen) atoms. The first kappa shape index (κ1) is 20.5. The van der Waals surface area contributed by atoms with Gasteiger partial charge in [-0.15, -0.1) is 0 Å². The van der Waals surface area contributed by atoms with Gasteiger partial charge in [0.05, 0.1) is 6.10 Å². The van der Waals surface area contributed by atoms with Gasteiger partial charge in [-0.2, -0.15) is 0 Å². The lowest BCUT2D eigenvalue weighted by Crippen LogP contribution is -2.48. The molecule has 5 rings (SSSR count). The largest absolute Gasteiger partial charge is 0.381 e. The number of hydrogen-bond donors (Lipinski definition) is 1. The van der Waals surface area contributed by atoms with Gasteiger partial charge in [-0.3, -0.25) is 9.69 Å². The summed E-state index contributed by atoms with van der Waals surface area (Å²) in [6, 6.07) is 4.26. The monoisotopic (exact) mass is 424 g/mol. The van der Waals surface area contributed by atoms with Gasteiger partial charge in [0.2, 0.25) is 0 Å². The van der Waals surface area contributed by atoms with Crippen LogP contribution in [0.1, 0.15) is 36.4 Å². The van der Waals surface area contributed by atoms with Gasteiger partial charge < -0.3 is 19.5 Å². The number of nitrogens with one attached hydrogen (secondary N) is 1. The Hall–Kier alpha value is -2.45. The van der Waals surface area contributed by atoms with Crippen molar-refractivity contribution in [2.45, 2.75) is 44.4 Å². The summed E-state index contributed by atoms with van der Waals surface area (Å²) in [5.41, 5.74) is 2.29. The zero-order valence-corrected chi connectivity index (χ0v) is 18.5. The van der Waals surface area contributed by atoms with Crippen LogP contribution in [0.5, 0.6) is 0 Å². The van der Waals surface area contributed by atoms with Crippen LogP contribution in [0, 0.1) is 5.92 Å². The topological polar surface area (TPSA) is 75.5 Å². The highest BCUT2D eigenvalue weighted by atomic mass is 16.5. The number of nitrogens with zero attached hydrogens (tertiary/aromatic N) is 5. The third-order valence-electron chi connectivity index (χ3n) is 7.16. The minimum atomic E-state index is 0.199. The fourth-order valence-corrected chi connectivity index (χ4v) is 5.57. The van der Waals surface area contributed by atoms with Gasteiger partial charge in [0, 0.05) is 83.0 Å². The van der Waals surface area contributed by atoms with Crippen molar-refractivity contribution in [3.8, 4) is 0 Å². The number of methoxy groups -OCH3 is 1. The lowest BCUT2D eigenvalue weighted by Gasteiger charge is -2.43. The van der Waals surface area contributed by atoms with Crippen molar-refractivity contribution in [1.82, 2.24) is 19.4 Å². The maximum Gasteiger partial charge on any atom is 0.255 e. The Balaban J connectivity index is 1.35. The van der Waals surface area contributed by atoms with E-state index in [1.165, 1.54) is 5.69 Å². The minimum absolute atomic E-state index is 0.199. The molecule has 3 aliphatic heterocycles. The van der Waals surface area contributed by atoms with E-state index in [0.29, 0.717) is 17.9 Å². The van der Waals surface area contributed by atoms with E-state index in [1.54, 1.807) is 19.5 Å². The van der Waals surface area contributed by atoms with Crippen molar-refractivity contribution in [1.29, 1.82) is 0 Å². The summed E-state index contributed by atoms with van der Waals surface area (Å²) in [6.45, 7) is 5.29. The van der Waals surface area contributed by atoms with Crippen molar-refractivity contribution in [3.05, 3.63) is 46.1 Å². The number of rotatable bonds is 5. The molecule has 1 N–H and O–H groups in total. The van der Waals surface area contributed by atoms with Crippen molar-refractivity contribution < 1.29 is 4.74 Å². The Morgan fingerprint density at radius 2 is 1.94 bits per heavy atom. The number of fused-ring (bicyclic) bond motifs is 4. The molecule has 0 unspecified atom stereocenters. The highest BCUT2D eigenvalue weighted by Crippen LogP contribution is 2.37. The van der Waals surface area contributed by atoms with Gasteiger partial charge >= 0.3 is 0 Å². The average Bonchev–Trinajstić information content (AvgIpc) is 2.81. The van der Waals surface area contributed by atoms with E-state index >= 15 is 0 Å². The molecule has 0 amide bonds. The predicted molar refractivity (Wildman–Crippen MR) is 121 cm³/mol.